The van der Waals surface area contributed by atoms with Gasteiger partial charge in [0.25, 0.3) is 0 Å². The minimum atomic E-state index is -0.374. The van der Waals surface area contributed by atoms with Gasteiger partial charge in [-0.2, -0.15) is 0 Å². The first-order chi connectivity index (χ1) is 20.2. The van der Waals surface area contributed by atoms with E-state index in [1.165, 1.54) is 0 Å². The van der Waals surface area contributed by atoms with Crippen molar-refractivity contribution in [2.75, 3.05) is 53.4 Å². The number of likely N-dealkylation sites (N-methyl/N-ethyl adjacent to an activating group) is 1. The summed E-state index contributed by atoms with van der Waals surface area (Å²) in [5.41, 5.74) is 2.46. The number of aromatic nitrogens is 2. The molecule has 0 bridgehead atoms. The molecular formula is C32H35Cl2N5O2S. The average molecular weight is 625 g/mol. The number of hydrogen-bond donors (Lipinski definition) is 0. The minimum Gasteiger partial charge on any atom is -0.497 e. The smallest absolute Gasteiger partial charge is 0.227 e. The lowest BCUT2D eigenvalue weighted by molar-refractivity contribution is -0.133. The molecular weight excluding hydrogens is 589 g/mol. The summed E-state index contributed by atoms with van der Waals surface area (Å²) in [5, 5.41) is 1.78. The van der Waals surface area contributed by atoms with Crippen LogP contribution in [0, 0.1) is 4.64 Å². The van der Waals surface area contributed by atoms with Crippen LogP contribution in [0.15, 0.2) is 66.7 Å². The average Bonchev–Trinajstić information content (AvgIpc) is 3.00. The lowest BCUT2D eigenvalue weighted by Gasteiger charge is -2.36. The van der Waals surface area contributed by atoms with Gasteiger partial charge in [-0.3, -0.25) is 14.3 Å². The first kappa shape index (κ1) is 30.4. The van der Waals surface area contributed by atoms with Crippen LogP contribution < -0.4 is 4.74 Å². The Labute approximate surface area is 262 Å². The maximum atomic E-state index is 14.1. The summed E-state index contributed by atoms with van der Waals surface area (Å²) in [6.07, 6.45) is 0.195. The van der Waals surface area contributed by atoms with Gasteiger partial charge >= 0.3 is 0 Å². The number of halogens is 2. The SMILES string of the molecule is COc1ccc(-n2c(C(C)N(CCN3CCN(C)CC3)C(=O)Cc3ccc(Cl)c(Cl)c3)nc3ccccc3c2=S)cc1. The molecule has 1 fully saturated rings. The summed E-state index contributed by atoms with van der Waals surface area (Å²) in [7, 11) is 3.78. The van der Waals surface area contributed by atoms with Crippen LogP contribution in [0.4, 0.5) is 0 Å². The standard InChI is InChI=1S/C32H35Cl2N5O2S/c1-22(31-35-29-7-5-4-6-26(29)32(42)39(31)24-9-11-25(41-3)12-10-24)38(19-18-37-16-14-36(2)15-17-37)30(40)21-23-8-13-27(33)28(34)20-23/h4-13,20,22H,14-19,21H2,1-3H3. The van der Waals surface area contributed by atoms with Gasteiger partial charge in [0.1, 0.15) is 16.2 Å². The van der Waals surface area contributed by atoms with Gasteiger partial charge in [-0.1, -0.05) is 53.6 Å². The number of methoxy groups -OCH3 is 1. The van der Waals surface area contributed by atoms with Gasteiger partial charge in [0.15, 0.2) is 0 Å². The summed E-state index contributed by atoms with van der Waals surface area (Å²) in [5.74, 6) is 1.43. The number of ether oxygens (including phenoxy) is 1. The highest BCUT2D eigenvalue weighted by Gasteiger charge is 2.27. The Morgan fingerprint density at radius 3 is 2.43 bits per heavy atom. The molecule has 5 rings (SSSR count). The molecule has 1 atom stereocenters. The Hall–Kier alpha value is -3.01. The quantitative estimate of drug-likeness (QED) is 0.200. The number of benzene rings is 3. The van der Waals surface area contributed by atoms with Crippen LogP contribution in [0.1, 0.15) is 24.4 Å². The van der Waals surface area contributed by atoms with Crippen LogP contribution in [0.5, 0.6) is 5.75 Å². The fourth-order valence-corrected chi connectivity index (χ4v) is 6.02. The molecule has 0 radical (unpaired) electrons. The zero-order valence-corrected chi connectivity index (χ0v) is 26.4. The summed E-state index contributed by atoms with van der Waals surface area (Å²) < 4.78 is 8.02. The van der Waals surface area contributed by atoms with Crippen molar-refractivity contribution in [3.63, 3.8) is 0 Å². The van der Waals surface area contributed by atoms with E-state index >= 15 is 0 Å². The van der Waals surface area contributed by atoms with Crippen molar-refractivity contribution < 1.29 is 9.53 Å². The number of fused-ring (bicyclic) bond motifs is 1. The van der Waals surface area contributed by atoms with Crippen molar-refractivity contribution in [1.82, 2.24) is 24.3 Å². The fraction of sp³-hybridized carbons (Fsp3) is 0.344. The highest BCUT2D eigenvalue weighted by Crippen LogP contribution is 2.29. The Kier molecular flexibility index (Phi) is 9.81. The van der Waals surface area contributed by atoms with E-state index in [9.17, 15) is 4.79 Å². The summed E-state index contributed by atoms with van der Waals surface area (Å²) in [6.45, 7) is 7.30. The van der Waals surface area contributed by atoms with Gasteiger partial charge < -0.3 is 14.5 Å². The minimum absolute atomic E-state index is 0.0165. The first-order valence-corrected chi connectivity index (χ1v) is 15.2. The Morgan fingerprint density at radius 1 is 1.02 bits per heavy atom. The molecule has 1 unspecified atom stereocenters. The van der Waals surface area contributed by atoms with Crippen molar-refractivity contribution >= 4 is 52.2 Å². The van der Waals surface area contributed by atoms with E-state index < -0.39 is 0 Å². The number of carbonyl (C=O) groups excluding carboxylic acids is 1. The monoisotopic (exact) mass is 623 g/mol. The molecule has 2 heterocycles. The number of hydrogen-bond acceptors (Lipinski definition) is 6. The molecule has 1 aromatic heterocycles. The van der Waals surface area contributed by atoms with Crippen molar-refractivity contribution in [3.05, 3.63) is 92.8 Å². The van der Waals surface area contributed by atoms with Gasteiger partial charge in [-0.15, -0.1) is 0 Å². The maximum Gasteiger partial charge on any atom is 0.227 e. The van der Waals surface area contributed by atoms with E-state index in [1.807, 2.05) is 71.0 Å². The molecule has 1 aliphatic heterocycles. The van der Waals surface area contributed by atoms with Crippen molar-refractivity contribution in [2.45, 2.75) is 19.4 Å². The fourth-order valence-electron chi connectivity index (χ4n) is 5.33. The summed E-state index contributed by atoms with van der Waals surface area (Å²) >= 11 is 18.5. The van der Waals surface area contributed by atoms with Crippen molar-refractivity contribution in [3.8, 4) is 11.4 Å². The normalized spacial score (nSPS) is 15.1. The van der Waals surface area contributed by atoms with Gasteiger partial charge in [-0.25, -0.2) is 4.98 Å². The zero-order chi connectivity index (χ0) is 29.8. The van der Waals surface area contributed by atoms with Gasteiger partial charge in [0.05, 0.1) is 35.1 Å². The highest BCUT2D eigenvalue weighted by molar-refractivity contribution is 7.71. The molecule has 7 nitrogen and oxygen atoms in total. The lowest BCUT2D eigenvalue weighted by atomic mass is 10.1. The third-order valence-electron chi connectivity index (χ3n) is 7.89. The van der Waals surface area contributed by atoms with Gasteiger partial charge in [0.2, 0.25) is 5.91 Å². The second kappa shape index (κ2) is 13.5. The maximum absolute atomic E-state index is 14.1. The first-order valence-electron chi connectivity index (χ1n) is 14.1. The largest absolute Gasteiger partial charge is 0.497 e. The van der Waals surface area contributed by atoms with Crippen LogP contribution in [-0.2, 0) is 11.2 Å². The molecule has 0 aliphatic carbocycles. The predicted octanol–water partition coefficient (Wildman–Crippen LogP) is 6.45. The van der Waals surface area contributed by atoms with Gasteiger partial charge in [0, 0.05) is 50.3 Å². The van der Waals surface area contributed by atoms with Crippen LogP contribution in [0.2, 0.25) is 10.0 Å². The van der Waals surface area contributed by atoms with Crippen molar-refractivity contribution in [2.24, 2.45) is 0 Å². The lowest BCUT2D eigenvalue weighted by Crippen LogP contribution is -2.48. The number of piperazine rings is 1. The number of amides is 1. The molecule has 1 aliphatic rings. The van der Waals surface area contributed by atoms with E-state index in [-0.39, 0.29) is 18.4 Å². The number of carbonyl (C=O) groups is 1. The predicted molar refractivity (Wildman–Crippen MR) is 173 cm³/mol. The van der Waals surface area contributed by atoms with Gasteiger partial charge in [-0.05, 0) is 68.1 Å². The van der Waals surface area contributed by atoms with E-state index in [1.54, 1.807) is 19.2 Å². The molecule has 0 spiro atoms. The third-order valence-corrected chi connectivity index (χ3v) is 9.03. The van der Waals surface area contributed by atoms with Crippen molar-refractivity contribution in [1.29, 1.82) is 0 Å². The van der Waals surface area contributed by atoms with Crippen LogP contribution in [-0.4, -0.2) is 83.6 Å². The van der Waals surface area contributed by atoms with E-state index in [4.69, 9.17) is 45.1 Å². The number of rotatable bonds is 9. The summed E-state index contributed by atoms with van der Waals surface area (Å²) in [4.78, 5) is 25.8. The molecule has 10 heteroatoms. The second-order valence-corrected chi connectivity index (χ2v) is 11.9. The topological polar surface area (TPSA) is 53.8 Å². The molecule has 42 heavy (non-hydrogen) atoms. The Balaban J connectivity index is 1.55. The Morgan fingerprint density at radius 2 is 1.74 bits per heavy atom. The number of para-hydroxylation sites is 1. The molecule has 220 valence electrons. The zero-order valence-electron chi connectivity index (χ0n) is 24.1. The highest BCUT2D eigenvalue weighted by atomic mass is 35.5. The molecule has 0 saturated carbocycles. The second-order valence-electron chi connectivity index (χ2n) is 10.7. The van der Waals surface area contributed by atoms with Crippen LogP contribution >= 0.6 is 35.4 Å². The molecule has 0 N–H and O–H groups in total. The van der Waals surface area contributed by atoms with E-state index in [0.29, 0.717) is 27.1 Å². The Bertz CT molecular complexity index is 1620. The summed E-state index contributed by atoms with van der Waals surface area (Å²) in [6, 6.07) is 20.6. The van der Waals surface area contributed by atoms with E-state index in [2.05, 4.69) is 16.8 Å². The van der Waals surface area contributed by atoms with E-state index in [0.717, 1.165) is 60.6 Å². The molecule has 1 amide bonds. The van der Waals surface area contributed by atoms with Crippen LogP contribution in [0.25, 0.3) is 16.6 Å². The van der Waals surface area contributed by atoms with Crippen LogP contribution in [0.3, 0.4) is 0 Å². The molecule has 1 saturated heterocycles. The molecule has 4 aromatic rings. The molecule has 3 aromatic carbocycles. The third kappa shape index (κ3) is 6.79. The number of nitrogens with zero attached hydrogens (tertiary/aromatic N) is 5.